The summed E-state index contributed by atoms with van der Waals surface area (Å²) in [6, 6.07) is 6.12. The molecule has 0 spiro atoms. The van der Waals surface area contributed by atoms with E-state index in [2.05, 4.69) is 10.4 Å². The van der Waals surface area contributed by atoms with Gasteiger partial charge < -0.3 is 10.4 Å². The van der Waals surface area contributed by atoms with Gasteiger partial charge in [-0.05, 0) is 25.5 Å². The monoisotopic (exact) mass is 287 g/mol. The number of aliphatic carboxylic acids is 1. The zero-order valence-corrected chi connectivity index (χ0v) is 11.9. The Kier molecular flexibility index (Phi) is 4.37. The quantitative estimate of drug-likeness (QED) is 0.871. The summed E-state index contributed by atoms with van der Waals surface area (Å²) in [6.45, 7) is 3.77. The molecule has 6 nitrogen and oxygen atoms in total. The SMILES string of the molecule is Cc1cc(C)cc(C(NC(=O)Cn2cccn2)C(=O)O)c1. The third-order valence-corrected chi connectivity index (χ3v) is 2.99. The number of aryl methyl sites for hydroxylation is 2. The molecule has 1 amide bonds. The third kappa shape index (κ3) is 3.92. The minimum absolute atomic E-state index is 0.0123. The van der Waals surface area contributed by atoms with Gasteiger partial charge in [0.1, 0.15) is 6.54 Å². The van der Waals surface area contributed by atoms with E-state index in [1.54, 1.807) is 30.6 Å². The molecule has 1 aromatic carbocycles. The number of rotatable bonds is 5. The van der Waals surface area contributed by atoms with Gasteiger partial charge in [0.05, 0.1) is 0 Å². The van der Waals surface area contributed by atoms with Gasteiger partial charge in [0.25, 0.3) is 0 Å². The van der Waals surface area contributed by atoms with Crippen molar-refractivity contribution in [3.63, 3.8) is 0 Å². The highest BCUT2D eigenvalue weighted by molar-refractivity contribution is 5.84. The minimum Gasteiger partial charge on any atom is -0.479 e. The van der Waals surface area contributed by atoms with Gasteiger partial charge in [-0.3, -0.25) is 9.48 Å². The highest BCUT2D eigenvalue weighted by Crippen LogP contribution is 2.17. The minimum atomic E-state index is -1.09. The molecule has 0 aliphatic carbocycles. The predicted molar refractivity (Wildman–Crippen MR) is 76.7 cm³/mol. The van der Waals surface area contributed by atoms with Crippen LogP contribution in [0.3, 0.4) is 0 Å². The fourth-order valence-electron chi connectivity index (χ4n) is 2.21. The van der Waals surface area contributed by atoms with E-state index < -0.39 is 17.9 Å². The lowest BCUT2D eigenvalue weighted by Crippen LogP contribution is -2.36. The average Bonchev–Trinajstić information content (AvgIpc) is 2.87. The summed E-state index contributed by atoms with van der Waals surface area (Å²) in [5.41, 5.74) is 2.48. The lowest BCUT2D eigenvalue weighted by atomic mass is 10.0. The van der Waals surface area contributed by atoms with E-state index in [4.69, 9.17) is 0 Å². The molecule has 6 heteroatoms. The largest absolute Gasteiger partial charge is 0.479 e. The van der Waals surface area contributed by atoms with Gasteiger partial charge in [0.2, 0.25) is 5.91 Å². The second kappa shape index (κ2) is 6.21. The second-order valence-corrected chi connectivity index (χ2v) is 4.96. The van der Waals surface area contributed by atoms with Crippen LogP contribution in [0.15, 0.2) is 36.7 Å². The van der Waals surface area contributed by atoms with Gasteiger partial charge >= 0.3 is 5.97 Å². The molecule has 0 radical (unpaired) electrons. The molecular weight excluding hydrogens is 270 g/mol. The molecule has 21 heavy (non-hydrogen) atoms. The van der Waals surface area contributed by atoms with Crippen molar-refractivity contribution in [2.45, 2.75) is 26.4 Å². The third-order valence-electron chi connectivity index (χ3n) is 2.99. The number of carboxylic acid groups (broad SMARTS) is 1. The van der Waals surface area contributed by atoms with Crippen LogP contribution < -0.4 is 5.32 Å². The number of hydrogen-bond donors (Lipinski definition) is 2. The molecule has 0 aliphatic heterocycles. The molecule has 1 unspecified atom stereocenters. The van der Waals surface area contributed by atoms with E-state index in [-0.39, 0.29) is 6.54 Å². The van der Waals surface area contributed by atoms with Crippen molar-refractivity contribution in [1.82, 2.24) is 15.1 Å². The molecule has 2 aromatic rings. The summed E-state index contributed by atoms with van der Waals surface area (Å²) in [5, 5.41) is 15.8. The molecule has 2 rings (SSSR count). The van der Waals surface area contributed by atoms with E-state index in [1.807, 2.05) is 19.9 Å². The van der Waals surface area contributed by atoms with Crippen molar-refractivity contribution >= 4 is 11.9 Å². The Balaban J connectivity index is 2.15. The van der Waals surface area contributed by atoms with Crippen LogP contribution in [0.2, 0.25) is 0 Å². The molecule has 110 valence electrons. The van der Waals surface area contributed by atoms with Gasteiger partial charge in [0.15, 0.2) is 6.04 Å². The van der Waals surface area contributed by atoms with E-state index >= 15 is 0 Å². The molecule has 1 heterocycles. The zero-order chi connectivity index (χ0) is 15.4. The number of amides is 1. The van der Waals surface area contributed by atoms with Crippen LogP contribution >= 0.6 is 0 Å². The zero-order valence-electron chi connectivity index (χ0n) is 11.9. The number of carboxylic acids is 1. The van der Waals surface area contributed by atoms with Crippen molar-refractivity contribution in [1.29, 1.82) is 0 Å². The summed E-state index contributed by atoms with van der Waals surface area (Å²) in [4.78, 5) is 23.4. The fraction of sp³-hybridized carbons (Fsp3) is 0.267. The molecule has 0 bridgehead atoms. The fourth-order valence-corrected chi connectivity index (χ4v) is 2.21. The Bertz CT molecular complexity index is 630. The van der Waals surface area contributed by atoms with Crippen LogP contribution in [0.25, 0.3) is 0 Å². The summed E-state index contributed by atoms with van der Waals surface area (Å²) >= 11 is 0. The van der Waals surface area contributed by atoms with E-state index in [9.17, 15) is 14.7 Å². The maximum atomic E-state index is 11.9. The number of benzene rings is 1. The van der Waals surface area contributed by atoms with Crippen LogP contribution in [-0.2, 0) is 16.1 Å². The lowest BCUT2D eigenvalue weighted by Gasteiger charge is -2.16. The van der Waals surface area contributed by atoms with Crippen molar-refractivity contribution in [3.05, 3.63) is 53.3 Å². The Morgan fingerprint density at radius 2 is 1.95 bits per heavy atom. The van der Waals surface area contributed by atoms with Crippen LogP contribution in [0, 0.1) is 13.8 Å². The maximum Gasteiger partial charge on any atom is 0.330 e. The van der Waals surface area contributed by atoms with Crippen molar-refractivity contribution in [2.75, 3.05) is 0 Å². The van der Waals surface area contributed by atoms with E-state index in [1.165, 1.54) is 4.68 Å². The molecule has 1 atom stereocenters. The first-order valence-electron chi connectivity index (χ1n) is 6.53. The molecule has 1 aromatic heterocycles. The molecule has 0 saturated carbocycles. The first-order chi connectivity index (χ1) is 9.95. The summed E-state index contributed by atoms with van der Waals surface area (Å²) < 4.78 is 1.44. The summed E-state index contributed by atoms with van der Waals surface area (Å²) in [6.07, 6.45) is 3.21. The first-order valence-corrected chi connectivity index (χ1v) is 6.53. The summed E-state index contributed by atoms with van der Waals surface area (Å²) in [5.74, 6) is -1.49. The van der Waals surface area contributed by atoms with Crippen molar-refractivity contribution in [3.8, 4) is 0 Å². The average molecular weight is 287 g/mol. The van der Waals surface area contributed by atoms with Gasteiger partial charge in [-0.1, -0.05) is 29.3 Å². The topological polar surface area (TPSA) is 84.2 Å². The molecule has 0 fully saturated rings. The smallest absolute Gasteiger partial charge is 0.330 e. The molecule has 2 N–H and O–H groups in total. The van der Waals surface area contributed by atoms with Gasteiger partial charge in [-0.2, -0.15) is 5.10 Å². The number of aromatic nitrogens is 2. The highest BCUT2D eigenvalue weighted by atomic mass is 16.4. The highest BCUT2D eigenvalue weighted by Gasteiger charge is 2.22. The van der Waals surface area contributed by atoms with Gasteiger partial charge in [-0.15, -0.1) is 0 Å². The van der Waals surface area contributed by atoms with Gasteiger partial charge in [0, 0.05) is 12.4 Å². The number of nitrogens with one attached hydrogen (secondary N) is 1. The van der Waals surface area contributed by atoms with E-state index in [0.717, 1.165) is 11.1 Å². The molecule has 0 saturated heterocycles. The predicted octanol–water partition coefficient (Wildman–Crippen LogP) is 1.44. The van der Waals surface area contributed by atoms with Crippen molar-refractivity contribution in [2.24, 2.45) is 0 Å². The number of hydrogen-bond acceptors (Lipinski definition) is 3. The molecular formula is C15H17N3O3. The number of carbonyl (C=O) groups is 2. The molecule has 0 aliphatic rings. The Hall–Kier alpha value is -2.63. The first kappa shape index (κ1) is 14.8. The number of nitrogens with zero attached hydrogens (tertiary/aromatic N) is 2. The number of carbonyl (C=O) groups excluding carboxylic acids is 1. The van der Waals surface area contributed by atoms with Crippen LogP contribution in [0.5, 0.6) is 0 Å². The second-order valence-electron chi connectivity index (χ2n) is 4.96. The maximum absolute atomic E-state index is 11.9. The standard InChI is InChI=1S/C15H17N3O3/c1-10-6-11(2)8-12(7-10)14(15(20)21)17-13(19)9-18-5-3-4-16-18/h3-8,14H,9H2,1-2H3,(H,17,19)(H,20,21). The normalized spacial score (nSPS) is 11.9. The van der Waals surface area contributed by atoms with Crippen LogP contribution in [0.1, 0.15) is 22.7 Å². The Labute approximate surface area is 122 Å². The lowest BCUT2D eigenvalue weighted by molar-refractivity contribution is -0.142. The Morgan fingerprint density at radius 1 is 1.29 bits per heavy atom. The Morgan fingerprint density at radius 3 is 2.48 bits per heavy atom. The van der Waals surface area contributed by atoms with Gasteiger partial charge in [-0.25, -0.2) is 4.79 Å². The van der Waals surface area contributed by atoms with E-state index in [0.29, 0.717) is 5.56 Å². The van der Waals surface area contributed by atoms with Crippen LogP contribution in [-0.4, -0.2) is 26.8 Å². The van der Waals surface area contributed by atoms with Crippen molar-refractivity contribution < 1.29 is 14.7 Å². The summed E-state index contributed by atoms with van der Waals surface area (Å²) in [7, 11) is 0. The van der Waals surface area contributed by atoms with Crippen LogP contribution in [0.4, 0.5) is 0 Å².